The molecule has 0 radical (unpaired) electrons. The molecule has 0 bridgehead atoms. The van der Waals surface area contributed by atoms with Gasteiger partial charge >= 0.3 is 0 Å². The van der Waals surface area contributed by atoms with Gasteiger partial charge < -0.3 is 4.42 Å². The molecule has 24 heavy (non-hydrogen) atoms. The van der Waals surface area contributed by atoms with Crippen LogP contribution in [0.1, 0.15) is 11.3 Å². The van der Waals surface area contributed by atoms with Crippen molar-refractivity contribution in [1.29, 1.82) is 0 Å². The molecule has 0 aliphatic heterocycles. The zero-order chi connectivity index (χ0) is 17.1. The van der Waals surface area contributed by atoms with Gasteiger partial charge in [0.05, 0.1) is 11.8 Å². The van der Waals surface area contributed by atoms with Crippen LogP contribution in [0.3, 0.4) is 0 Å². The Hall–Kier alpha value is -1.69. The van der Waals surface area contributed by atoms with Crippen molar-refractivity contribution < 1.29 is 4.42 Å². The molecule has 0 amide bonds. The first-order valence-corrected chi connectivity index (χ1v) is 9.00. The van der Waals surface area contributed by atoms with Gasteiger partial charge in [-0.1, -0.05) is 47.1 Å². The van der Waals surface area contributed by atoms with Gasteiger partial charge in [0.15, 0.2) is 11.0 Å². The maximum absolute atomic E-state index is 6.23. The first-order chi connectivity index (χ1) is 11.6. The van der Waals surface area contributed by atoms with Gasteiger partial charge in [0.1, 0.15) is 5.76 Å². The number of furan rings is 1. The molecule has 0 atom stereocenters. The highest BCUT2D eigenvalue weighted by molar-refractivity contribution is 7.98. The Bertz CT molecular complexity index is 852. The fourth-order valence-corrected chi connectivity index (χ4v) is 4.00. The maximum atomic E-state index is 6.23. The molecule has 2 heterocycles. The molecular formula is C17H15Cl2N3OS. The van der Waals surface area contributed by atoms with Crippen molar-refractivity contribution >= 4 is 35.0 Å². The second kappa shape index (κ2) is 7.47. The molecular weight excluding hydrogens is 365 g/mol. The summed E-state index contributed by atoms with van der Waals surface area (Å²) in [4.78, 5) is 0. The molecule has 0 fully saturated rings. The first-order valence-electron chi connectivity index (χ1n) is 7.26. The van der Waals surface area contributed by atoms with E-state index in [0.717, 1.165) is 27.9 Å². The van der Waals surface area contributed by atoms with Crippen molar-refractivity contribution in [2.45, 2.75) is 24.4 Å². The van der Waals surface area contributed by atoms with E-state index in [9.17, 15) is 0 Å². The molecule has 0 saturated heterocycles. The van der Waals surface area contributed by atoms with E-state index in [1.54, 1.807) is 6.26 Å². The highest BCUT2D eigenvalue weighted by Crippen LogP contribution is 2.33. The number of thioether (sulfide) groups is 1. The van der Waals surface area contributed by atoms with Crippen LogP contribution in [-0.4, -0.2) is 14.8 Å². The number of aryl methyl sites for hydroxylation is 1. The lowest BCUT2D eigenvalue weighted by Crippen LogP contribution is -2.01. The SMILES string of the molecule is C=CCn1c(SCc2c(Cl)cccc2Cl)nnc1-c1ccoc1C. The van der Waals surface area contributed by atoms with Crippen molar-refractivity contribution in [3.63, 3.8) is 0 Å². The summed E-state index contributed by atoms with van der Waals surface area (Å²) < 4.78 is 7.37. The van der Waals surface area contributed by atoms with Crippen molar-refractivity contribution in [2.75, 3.05) is 0 Å². The van der Waals surface area contributed by atoms with Gasteiger partial charge in [-0.2, -0.15) is 0 Å². The predicted octanol–water partition coefficient (Wildman–Crippen LogP) is 5.63. The lowest BCUT2D eigenvalue weighted by Gasteiger charge is -2.09. The van der Waals surface area contributed by atoms with Crippen LogP contribution < -0.4 is 0 Å². The standard InChI is InChI=1S/C17H15Cl2N3OS/c1-3-8-22-16(12-7-9-23-11(12)2)20-21-17(22)24-10-13-14(18)5-4-6-15(13)19/h3-7,9H,1,8,10H2,2H3. The Labute approximate surface area is 154 Å². The summed E-state index contributed by atoms with van der Waals surface area (Å²) >= 11 is 14.0. The Morgan fingerprint density at radius 2 is 2.00 bits per heavy atom. The fourth-order valence-electron chi connectivity index (χ4n) is 2.31. The summed E-state index contributed by atoms with van der Waals surface area (Å²) in [7, 11) is 0. The van der Waals surface area contributed by atoms with Gasteiger partial charge in [-0.15, -0.1) is 16.8 Å². The van der Waals surface area contributed by atoms with Crippen LogP contribution in [0.25, 0.3) is 11.4 Å². The van der Waals surface area contributed by atoms with Crippen molar-refractivity contribution in [1.82, 2.24) is 14.8 Å². The second-order valence-electron chi connectivity index (χ2n) is 5.08. The van der Waals surface area contributed by atoms with Crippen LogP contribution in [0.4, 0.5) is 0 Å². The highest BCUT2D eigenvalue weighted by atomic mass is 35.5. The molecule has 0 saturated carbocycles. The molecule has 0 unspecified atom stereocenters. The maximum Gasteiger partial charge on any atom is 0.192 e. The number of rotatable bonds is 6. The topological polar surface area (TPSA) is 43.9 Å². The van der Waals surface area contributed by atoms with Crippen molar-refractivity contribution in [2.24, 2.45) is 0 Å². The Balaban J connectivity index is 1.90. The fraction of sp³-hybridized carbons (Fsp3) is 0.176. The van der Waals surface area contributed by atoms with Crippen LogP contribution in [0.15, 0.2) is 52.8 Å². The molecule has 7 heteroatoms. The minimum atomic E-state index is 0.603. The largest absolute Gasteiger partial charge is 0.469 e. The zero-order valence-electron chi connectivity index (χ0n) is 13.0. The zero-order valence-corrected chi connectivity index (χ0v) is 15.3. The van der Waals surface area contributed by atoms with E-state index >= 15 is 0 Å². The van der Waals surface area contributed by atoms with Crippen LogP contribution in [0, 0.1) is 6.92 Å². The van der Waals surface area contributed by atoms with Crippen molar-refractivity contribution in [3.8, 4) is 11.4 Å². The molecule has 2 aromatic heterocycles. The van der Waals surface area contributed by atoms with Crippen LogP contribution >= 0.6 is 35.0 Å². The third-order valence-corrected chi connectivity index (χ3v) is 5.24. The average Bonchev–Trinajstić information content (AvgIpc) is 3.14. The van der Waals surface area contributed by atoms with E-state index in [-0.39, 0.29) is 0 Å². The van der Waals surface area contributed by atoms with Gasteiger partial charge in [-0.3, -0.25) is 4.57 Å². The van der Waals surface area contributed by atoms with E-state index in [1.165, 1.54) is 11.8 Å². The molecule has 4 nitrogen and oxygen atoms in total. The molecule has 124 valence electrons. The number of hydrogen-bond acceptors (Lipinski definition) is 4. The number of allylic oxidation sites excluding steroid dienone is 1. The van der Waals surface area contributed by atoms with Gasteiger partial charge in [-0.25, -0.2) is 0 Å². The van der Waals surface area contributed by atoms with E-state index in [0.29, 0.717) is 22.3 Å². The van der Waals surface area contributed by atoms with Gasteiger partial charge in [-0.05, 0) is 30.7 Å². The number of halogens is 2. The number of aromatic nitrogens is 3. The quantitative estimate of drug-likeness (QED) is 0.411. The third-order valence-electron chi connectivity index (χ3n) is 3.54. The predicted molar refractivity (Wildman–Crippen MR) is 98.7 cm³/mol. The lowest BCUT2D eigenvalue weighted by atomic mass is 10.2. The van der Waals surface area contributed by atoms with Crippen LogP contribution in [0.2, 0.25) is 10.0 Å². The van der Waals surface area contributed by atoms with E-state index in [1.807, 2.05) is 41.8 Å². The molecule has 0 aliphatic rings. The summed E-state index contributed by atoms with van der Waals surface area (Å²) in [5, 5.41) is 10.7. The minimum absolute atomic E-state index is 0.603. The van der Waals surface area contributed by atoms with E-state index < -0.39 is 0 Å². The normalized spacial score (nSPS) is 11.0. The highest BCUT2D eigenvalue weighted by Gasteiger charge is 2.17. The number of benzene rings is 1. The third kappa shape index (κ3) is 3.38. The summed E-state index contributed by atoms with van der Waals surface area (Å²) in [6, 6.07) is 7.38. The smallest absolute Gasteiger partial charge is 0.192 e. The van der Waals surface area contributed by atoms with Gasteiger partial charge in [0.25, 0.3) is 0 Å². The Morgan fingerprint density at radius 1 is 1.25 bits per heavy atom. The number of nitrogens with zero attached hydrogens (tertiary/aromatic N) is 3. The minimum Gasteiger partial charge on any atom is -0.469 e. The van der Waals surface area contributed by atoms with Crippen LogP contribution in [-0.2, 0) is 12.3 Å². The summed E-state index contributed by atoms with van der Waals surface area (Å²) in [5.74, 6) is 2.17. The summed E-state index contributed by atoms with van der Waals surface area (Å²) in [6.45, 7) is 6.32. The Kier molecular flexibility index (Phi) is 5.33. The molecule has 0 spiro atoms. The Morgan fingerprint density at radius 3 is 2.62 bits per heavy atom. The molecule has 0 aliphatic carbocycles. The second-order valence-corrected chi connectivity index (χ2v) is 6.84. The monoisotopic (exact) mass is 379 g/mol. The number of hydrogen-bond donors (Lipinski definition) is 0. The van der Waals surface area contributed by atoms with Gasteiger partial charge in [0, 0.05) is 22.3 Å². The lowest BCUT2D eigenvalue weighted by molar-refractivity contribution is 0.534. The molecule has 0 N–H and O–H groups in total. The van der Waals surface area contributed by atoms with Crippen molar-refractivity contribution in [3.05, 3.63) is 64.6 Å². The average molecular weight is 380 g/mol. The summed E-state index contributed by atoms with van der Waals surface area (Å²) in [6.07, 6.45) is 3.46. The van der Waals surface area contributed by atoms with E-state index in [4.69, 9.17) is 27.6 Å². The van der Waals surface area contributed by atoms with Gasteiger partial charge in [0.2, 0.25) is 0 Å². The first kappa shape index (κ1) is 17.1. The molecule has 3 rings (SSSR count). The molecule has 3 aromatic rings. The van der Waals surface area contributed by atoms with Crippen LogP contribution in [0.5, 0.6) is 0 Å². The molecule has 1 aromatic carbocycles. The summed E-state index contributed by atoms with van der Waals surface area (Å²) in [5.41, 5.74) is 1.81. The van der Waals surface area contributed by atoms with E-state index in [2.05, 4.69) is 16.8 Å².